The number of ether oxygens (including phenoxy) is 2. The number of methoxy groups -OCH3 is 2. The van der Waals surface area contributed by atoms with Crippen molar-refractivity contribution in [2.45, 2.75) is 19.5 Å². The maximum atomic E-state index is 13.2. The van der Waals surface area contributed by atoms with Crippen LogP contribution in [0.1, 0.15) is 16.8 Å². The van der Waals surface area contributed by atoms with Gasteiger partial charge in [0.1, 0.15) is 5.52 Å². The van der Waals surface area contributed by atoms with E-state index < -0.39 is 0 Å². The molecular formula is C20H26N6O3S. The van der Waals surface area contributed by atoms with Gasteiger partial charge in [0, 0.05) is 62.7 Å². The van der Waals surface area contributed by atoms with Crippen molar-refractivity contribution in [2.24, 2.45) is 7.05 Å². The first kappa shape index (κ1) is 20.9. The zero-order valence-electron chi connectivity index (χ0n) is 17.4. The third kappa shape index (κ3) is 4.08. The molecule has 0 spiro atoms. The number of rotatable bonds is 8. The maximum absolute atomic E-state index is 13.2. The van der Waals surface area contributed by atoms with E-state index in [9.17, 15) is 4.79 Å². The number of pyridine rings is 1. The Balaban J connectivity index is 1.58. The van der Waals surface area contributed by atoms with Gasteiger partial charge in [0.25, 0.3) is 5.56 Å². The minimum atomic E-state index is -0.0855. The Bertz CT molecular complexity index is 1080. The monoisotopic (exact) mass is 430 g/mol. The summed E-state index contributed by atoms with van der Waals surface area (Å²) in [5.41, 5.74) is 3.91. The molecule has 1 aliphatic rings. The first-order valence-corrected chi connectivity index (χ1v) is 10.6. The van der Waals surface area contributed by atoms with Crippen molar-refractivity contribution in [2.75, 3.05) is 33.9 Å². The van der Waals surface area contributed by atoms with Crippen LogP contribution in [0.3, 0.4) is 0 Å². The van der Waals surface area contributed by atoms with E-state index in [1.54, 1.807) is 38.6 Å². The van der Waals surface area contributed by atoms with Crippen molar-refractivity contribution in [3.8, 4) is 5.88 Å². The lowest BCUT2D eigenvalue weighted by Crippen LogP contribution is -2.29. The Morgan fingerprint density at radius 1 is 1.27 bits per heavy atom. The summed E-state index contributed by atoms with van der Waals surface area (Å²) >= 11 is 1.61. The largest absolute Gasteiger partial charge is 0.481 e. The van der Waals surface area contributed by atoms with Gasteiger partial charge in [-0.05, 0) is 17.5 Å². The summed E-state index contributed by atoms with van der Waals surface area (Å²) in [4.78, 5) is 17.4. The molecule has 0 aliphatic carbocycles. The van der Waals surface area contributed by atoms with Crippen molar-refractivity contribution >= 4 is 23.0 Å². The van der Waals surface area contributed by atoms with Crippen molar-refractivity contribution < 1.29 is 9.47 Å². The van der Waals surface area contributed by atoms with Gasteiger partial charge < -0.3 is 14.0 Å². The third-order valence-electron chi connectivity index (χ3n) is 5.31. The Kier molecular flexibility index (Phi) is 6.38. The van der Waals surface area contributed by atoms with Crippen LogP contribution in [0, 0.1) is 0 Å². The highest BCUT2D eigenvalue weighted by molar-refractivity contribution is 7.95. The van der Waals surface area contributed by atoms with Crippen molar-refractivity contribution in [1.29, 1.82) is 0 Å². The van der Waals surface area contributed by atoms with Crippen LogP contribution in [-0.2, 0) is 31.3 Å². The van der Waals surface area contributed by atoms with E-state index in [2.05, 4.69) is 19.1 Å². The minimum Gasteiger partial charge on any atom is -0.481 e. The average molecular weight is 431 g/mol. The predicted octanol–water partition coefficient (Wildman–Crippen LogP) is 1.34. The Labute approximate surface area is 179 Å². The van der Waals surface area contributed by atoms with Gasteiger partial charge >= 0.3 is 0 Å². The van der Waals surface area contributed by atoms with Gasteiger partial charge in [0.15, 0.2) is 0 Å². The maximum Gasteiger partial charge on any atom is 0.291 e. The molecule has 10 heteroatoms. The van der Waals surface area contributed by atoms with E-state index in [1.807, 2.05) is 23.9 Å². The van der Waals surface area contributed by atoms with Crippen LogP contribution in [0.2, 0.25) is 0 Å². The molecular weight excluding hydrogens is 404 g/mol. The fourth-order valence-corrected chi connectivity index (χ4v) is 4.48. The zero-order chi connectivity index (χ0) is 21.1. The van der Waals surface area contributed by atoms with E-state index in [4.69, 9.17) is 9.47 Å². The lowest BCUT2D eigenvalue weighted by atomic mass is 10.1. The molecule has 0 amide bonds. The van der Waals surface area contributed by atoms with Gasteiger partial charge in [0.05, 0.1) is 33.0 Å². The molecule has 0 aromatic carbocycles. The molecule has 1 aliphatic heterocycles. The molecule has 4 rings (SSSR count). The first-order chi connectivity index (χ1) is 14.6. The van der Waals surface area contributed by atoms with Crippen LogP contribution in [0.25, 0.3) is 10.9 Å². The highest BCUT2D eigenvalue weighted by Crippen LogP contribution is 2.29. The summed E-state index contributed by atoms with van der Waals surface area (Å²) in [5.74, 6) is 0.545. The number of nitrogens with one attached hydrogen (secondary N) is 1. The van der Waals surface area contributed by atoms with Crippen molar-refractivity contribution in [3.63, 3.8) is 0 Å². The van der Waals surface area contributed by atoms with Crippen LogP contribution in [0.5, 0.6) is 5.88 Å². The van der Waals surface area contributed by atoms with Crippen LogP contribution >= 0.6 is 12.1 Å². The topological polar surface area (TPSA) is 86.4 Å². The molecule has 30 heavy (non-hydrogen) atoms. The van der Waals surface area contributed by atoms with Crippen LogP contribution in [0.4, 0.5) is 0 Å². The van der Waals surface area contributed by atoms with Gasteiger partial charge in [-0.15, -0.1) is 0 Å². The number of aryl methyl sites for hydroxylation is 1. The Hall–Kier alpha value is -2.40. The summed E-state index contributed by atoms with van der Waals surface area (Å²) in [6.07, 6.45) is 4.42. The SMILES string of the molecule is COCCNSN1CCc2c(n(C)c3c(=O)n(Cc4ccc(OC)nc4)ncc23)C1. The normalized spacial score (nSPS) is 14.2. The molecule has 4 heterocycles. The van der Waals surface area contributed by atoms with Gasteiger partial charge in [0.2, 0.25) is 5.88 Å². The molecule has 160 valence electrons. The molecule has 0 radical (unpaired) electrons. The molecule has 0 unspecified atom stereocenters. The number of hydrogen-bond donors (Lipinski definition) is 1. The third-order valence-corrected chi connectivity index (χ3v) is 6.21. The molecule has 3 aromatic rings. The summed E-state index contributed by atoms with van der Waals surface area (Å²) in [7, 11) is 5.24. The smallest absolute Gasteiger partial charge is 0.291 e. The van der Waals surface area contributed by atoms with Crippen LogP contribution in [0.15, 0.2) is 29.3 Å². The summed E-state index contributed by atoms with van der Waals surface area (Å²) in [6.45, 7) is 3.51. The molecule has 0 saturated carbocycles. The van der Waals surface area contributed by atoms with Crippen LogP contribution in [-0.4, -0.2) is 57.6 Å². The highest BCUT2D eigenvalue weighted by atomic mass is 32.2. The van der Waals surface area contributed by atoms with Gasteiger partial charge in [-0.3, -0.25) is 4.79 Å². The van der Waals surface area contributed by atoms with Crippen molar-refractivity contribution in [3.05, 3.63) is 51.7 Å². The number of fused-ring (bicyclic) bond motifs is 3. The lowest BCUT2D eigenvalue weighted by Gasteiger charge is -2.26. The molecule has 9 nitrogen and oxygen atoms in total. The van der Waals surface area contributed by atoms with Crippen molar-refractivity contribution in [1.82, 2.24) is 28.4 Å². The van der Waals surface area contributed by atoms with E-state index in [1.165, 1.54) is 15.9 Å². The van der Waals surface area contributed by atoms with E-state index in [0.29, 0.717) is 24.5 Å². The Morgan fingerprint density at radius 2 is 2.13 bits per heavy atom. The average Bonchev–Trinajstić information content (AvgIpc) is 3.06. The summed E-state index contributed by atoms with van der Waals surface area (Å²) < 4.78 is 19.3. The predicted molar refractivity (Wildman–Crippen MR) is 116 cm³/mol. The van der Waals surface area contributed by atoms with Gasteiger partial charge in [-0.25, -0.2) is 18.7 Å². The number of nitrogens with zero attached hydrogens (tertiary/aromatic N) is 5. The van der Waals surface area contributed by atoms with E-state index in [-0.39, 0.29) is 5.56 Å². The molecule has 0 fully saturated rings. The van der Waals surface area contributed by atoms with Gasteiger partial charge in [-0.1, -0.05) is 6.07 Å². The lowest BCUT2D eigenvalue weighted by molar-refractivity contribution is 0.205. The fraction of sp³-hybridized carbons (Fsp3) is 0.450. The zero-order valence-corrected chi connectivity index (χ0v) is 18.2. The van der Waals surface area contributed by atoms with Gasteiger partial charge in [-0.2, -0.15) is 5.10 Å². The molecule has 3 aromatic heterocycles. The van der Waals surface area contributed by atoms with E-state index in [0.717, 1.165) is 37.0 Å². The molecule has 1 N–H and O–H groups in total. The molecule has 0 atom stereocenters. The minimum absolute atomic E-state index is 0.0855. The quantitative estimate of drug-likeness (QED) is 0.423. The standard InChI is InChI=1S/C20H26N6O3S/c1-24-17-13-25(30-23-7-9-28-2)8-6-15(17)16-11-22-26(20(27)19(16)24)12-14-4-5-18(29-3)21-10-14/h4-5,10-11,23H,6-9,12-13H2,1-3H3. The Morgan fingerprint density at radius 3 is 2.87 bits per heavy atom. The summed E-state index contributed by atoms with van der Waals surface area (Å²) in [6, 6.07) is 3.68. The van der Waals surface area contributed by atoms with Crippen LogP contribution < -0.4 is 15.0 Å². The fourth-order valence-electron chi connectivity index (χ4n) is 3.75. The van der Waals surface area contributed by atoms with E-state index >= 15 is 0 Å². The first-order valence-electron chi connectivity index (χ1n) is 9.81. The number of hydrogen-bond acceptors (Lipinski definition) is 8. The highest BCUT2D eigenvalue weighted by Gasteiger charge is 2.25. The molecule has 0 saturated heterocycles. The summed E-state index contributed by atoms with van der Waals surface area (Å²) in [5, 5.41) is 5.40. The molecule has 0 bridgehead atoms. The number of aromatic nitrogens is 4. The second-order valence-electron chi connectivity index (χ2n) is 7.15. The second-order valence-corrected chi connectivity index (χ2v) is 8.14. The second kappa shape index (κ2) is 9.17.